The van der Waals surface area contributed by atoms with Crippen LogP contribution >= 0.6 is 0 Å². The van der Waals surface area contributed by atoms with Crippen molar-refractivity contribution in [2.45, 2.75) is 26.5 Å². The molecule has 1 amide bonds. The fourth-order valence-corrected chi connectivity index (χ4v) is 1.72. The Morgan fingerprint density at radius 2 is 2.10 bits per heavy atom. The molecule has 0 aliphatic heterocycles. The van der Waals surface area contributed by atoms with Crippen molar-refractivity contribution in [3.63, 3.8) is 0 Å². The van der Waals surface area contributed by atoms with Gasteiger partial charge >= 0.3 is 6.09 Å². The van der Waals surface area contributed by atoms with Crippen molar-refractivity contribution in [3.8, 4) is 0 Å². The number of aromatic nitrogens is 2. The van der Waals surface area contributed by atoms with Crippen molar-refractivity contribution >= 4 is 6.09 Å². The number of rotatable bonds is 5. The Balaban J connectivity index is 1.89. The van der Waals surface area contributed by atoms with E-state index in [9.17, 15) is 4.79 Å². The van der Waals surface area contributed by atoms with E-state index in [4.69, 9.17) is 9.15 Å². The Morgan fingerprint density at radius 3 is 2.70 bits per heavy atom. The van der Waals surface area contributed by atoms with E-state index in [1.807, 2.05) is 44.2 Å². The summed E-state index contributed by atoms with van der Waals surface area (Å²) in [7, 11) is 0. The SMILES string of the molecule is CC(C)[C@H](NC(=O)OCc1ccccc1)c1nnco1. The molecule has 6 nitrogen and oxygen atoms in total. The number of carbonyl (C=O) groups is 1. The number of alkyl carbamates (subject to hydrolysis) is 1. The maximum Gasteiger partial charge on any atom is 0.408 e. The second-order valence-corrected chi connectivity index (χ2v) is 4.70. The van der Waals surface area contributed by atoms with Crippen molar-refractivity contribution in [3.05, 3.63) is 48.2 Å². The lowest BCUT2D eigenvalue weighted by Crippen LogP contribution is -2.32. The Morgan fingerprint density at radius 1 is 1.35 bits per heavy atom. The van der Waals surface area contributed by atoms with Gasteiger partial charge in [0.05, 0.1) is 0 Å². The molecule has 1 aromatic heterocycles. The molecule has 1 N–H and O–H groups in total. The molecule has 2 rings (SSSR count). The van der Waals surface area contributed by atoms with E-state index < -0.39 is 6.09 Å². The van der Waals surface area contributed by atoms with Gasteiger partial charge in [0.2, 0.25) is 12.3 Å². The fraction of sp³-hybridized carbons (Fsp3) is 0.357. The average molecular weight is 275 g/mol. The van der Waals surface area contributed by atoms with Crippen LogP contribution in [0.5, 0.6) is 0 Å². The molecule has 1 atom stereocenters. The standard InChI is InChI=1S/C14H17N3O3/c1-10(2)12(13-17-15-9-20-13)16-14(18)19-8-11-6-4-3-5-7-11/h3-7,9-10,12H,8H2,1-2H3,(H,16,18)/t12-/m0/s1. The van der Waals surface area contributed by atoms with E-state index in [1.165, 1.54) is 6.39 Å². The first-order valence-electron chi connectivity index (χ1n) is 6.40. The van der Waals surface area contributed by atoms with Crippen LogP contribution in [0.25, 0.3) is 0 Å². The molecule has 0 spiro atoms. The zero-order chi connectivity index (χ0) is 14.4. The molecule has 2 aromatic rings. The van der Waals surface area contributed by atoms with Crippen LogP contribution in [0.4, 0.5) is 4.79 Å². The minimum atomic E-state index is -0.509. The summed E-state index contributed by atoms with van der Waals surface area (Å²) >= 11 is 0. The van der Waals surface area contributed by atoms with Gasteiger partial charge in [-0.3, -0.25) is 0 Å². The van der Waals surface area contributed by atoms with Crippen LogP contribution in [0.1, 0.15) is 31.3 Å². The van der Waals surface area contributed by atoms with Crippen LogP contribution in [0.3, 0.4) is 0 Å². The molecule has 0 bridgehead atoms. The smallest absolute Gasteiger partial charge is 0.408 e. The monoisotopic (exact) mass is 275 g/mol. The molecule has 6 heteroatoms. The highest BCUT2D eigenvalue weighted by Gasteiger charge is 2.23. The Hall–Kier alpha value is -2.37. The van der Waals surface area contributed by atoms with Gasteiger partial charge in [0, 0.05) is 0 Å². The van der Waals surface area contributed by atoms with Crippen molar-refractivity contribution < 1.29 is 13.9 Å². The molecule has 0 saturated carbocycles. The maximum atomic E-state index is 11.8. The van der Waals surface area contributed by atoms with Crippen LogP contribution < -0.4 is 5.32 Å². The lowest BCUT2D eigenvalue weighted by Gasteiger charge is -2.18. The van der Waals surface area contributed by atoms with Gasteiger partial charge in [-0.15, -0.1) is 10.2 Å². The molecule has 0 aliphatic rings. The number of benzene rings is 1. The second kappa shape index (κ2) is 6.70. The average Bonchev–Trinajstić information content (AvgIpc) is 2.97. The number of hydrogen-bond donors (Lipinski definition) is 1. The summed E-state index contributed by atoms with van der Waals surface area (Å²) in [6.07, 6.45) is 0.729. The number of carbonyl (C=O) groups excluding carboxylic acids is 1. The quantitative estimate of drug-likeness (QED) is 0.907. The summed E-state index contributed by atoms with van der Waals surface area (Å²) < 4.78 is 10.3. The zero-order valence-electron chi connectivity index (χ0n) is 11.4. The van der Waals surface area contributed by atoms with Gasteiger partial charge in [-0.2, -0.15) is 0 Å². The number of nitrogens with zero attached hydrogens (tertiary/aromatic N) is 2. The summed E-state index contributed by atoms with van der Waals surface area (Å²) in [6, 6.07) is 9.13. The Kier molecular flexibility index (Phi) is 4.70. The van der Waals surface area contributed by atoms with Crippen LogP contribution in [-0.2, 0) is 11.3 Å². The molecule has 1 aromatic carbocycles. The first kappa shape index (κ1) is 14.0. The molecule has 1 heterocycles. The number of amides is 1. The van der Waals surface area contributed by atoms with Gasteiger partial charge < -0.3 is 14.5 Å². The third-order valence-electron chi connectivity index (χ3n) is 2.80. The van der Waals surface area contributed by atoms with E-state index >= 15 is 0 Å². The summed E-state index contributed by atoms with van der Waals surface area (Å²) in [6.45, 7) is 4.13. The lowest BCUT2D eigenvalue weighted by molar-refractivity contribution is 0.130. The van der Waals surface area contributed by atoms with Crippen LogP contribution in [0.15, 0.2) is 41.1 Å². The van der Waals surface area contributed by atoms with E-state index in [0.717, 1.165) is 5.56 Å². The van der Waals surface area contributed by atoms with Crippen LogP contribution in [-0.4, -0.2) is 16.3 Å². The molecule has 0 aliphatic carbocycles. The molecular weight excluding hydrogens is 258 g/mol. The highest BCUT2D eigenvalue weighted by Crippen LogP contribution is 2.19. The number of nitrogens with one attached hydrogen (secondary N) is 1. The lowest BCUT2D eigenvalue weighted by atomic mass is 10.1. The third kappa shape index (κ3) is 3.81. The zero-order valence-corrected chi connectivity index (χ0v) is 11.4. The van der Waals surface area contributed by atoms with Gasteiger partial charge in [-0.05, 0) is 11.5 Å². The first-order valence-corrected chi connectivity index (χ1v) is 6.40. The molecule has 0 unspecified atom stereocenters. The van der Waals surface area contributed by atoms with E-state index in [-0.39, 0.29) is 18.6 Å². The van der Waals surface area contributed by atoms with E-state index in [2.05, 4.69) is 15.5 Å². The van der Waals surface area contributed by atoms with Crippen molar-refractivity contribution in [2.75, 3.05) is 0 Å². The summed E-state index contributed by atoms with van der Waals surface area (Å²) in [5.41, 5.74) is 0.932. The van der Waals surface area contributed by atoms with Crippen LogP contribution in [0.2, 0.25) is 0 Å². The van der Waals surface area contributed by atoms with E-state index in [1.54, 1.807) is 0 Å². The molecular formula is C14H17N3O3. The van der Waals surface area contributed by atoms with Gasteiger partial charge in [0.15, 0.2) is 0 Å². The fourth-order valence-electron chi connectivity index (χ4n) is 1.72. The molecule has 0 fully saturated rings. The normalized spacial score (nSPS) is 12.2. The highest BCUT2D eigenvalue weighted by atomic mass is 16.5. The molecule has 106 valence electrons. The van der Waals surface area contributed by atoms with Gasteiger partial charge in [-0.25, -0.2) is 4.79 Å². The highest BCUT2D eigenvalue weighted by molar-refractivity contribution is 5.67. The summed E-state index contributed by atoms with van der Waals surface area (Å²) in [5, 5.41) is 10.2. The van der Waals surface area contributed by atoms with Crippen molar-refractivity contribution in [1.82, 2.24) is 15.5 Å². The van der Waals surface area contributed by atoms with Gasteiger partial charge in [-0.1, -0.05) is 44.2 Å². The second-order valence-electron chi connectivity index (χ2n) is 4.70. The third-order valence-corrected chi connectivity index (χ3v) is 2.80. The largest absolute Gasteiger partial charge is 0.445 e. The molecule has 0 radical (unpaired) electrons. The number of ether oxygens (including phenoxy) is 1. The summed E-state index contributed by atoms with van der Waals surface area (Å²) in [4.78, 5) is 11.8. The minimum Gasteiger partial charge on any atom is -0.445 e. The van der Waals surface area contributed by atoms with Crippen molar-refractivity contribution in [2.24, 2.45) is 5.92 Å². The predicted molar refractivity (Wildman–Crippen MR) is 71.6 cm³/mol. The maximum absolute atomic E-state index is 11.8. The molecule has 20 heavy (non-hydrogen) atoms. The predicted octanol–water partition coefficient (Wildman–Crippen LogP) is 2.69. The van der Waals surface area contributed by atoms with Crippen molar-refractivity contribution in [1.29, 1.82) is 0 Å². The van der Waals surface area contributed by atoms with E-state index in [0.29, 0.717) is 5.89 Å². The topological polar surface area (TPSA) is 77.2 Å². The number of hydrogen-bond acceptors (Lipinski definition) is 5. The first-order chi connectivity index (χ1) is 9.66. The molecule has 0 saturated heterocycles. The minimum absolute atomic E-state index is 0.111. The van der Waals surface area contributed by atoms with Gasteiger partial charge in [0.25, 0.3) is 0 Å². The van der Waals surface area contributed by atoms with Gasteiger partial charge in [0.1, 0.15) is 12.6 Å². The summed E-state index contributed by atoms with van der Waals surface area (Å²) in [5.74, 6) is 0.483. The Bertz CT molecular complexity index is 526. The Labute approximate surface area is 117 Å². The van der Waals surface area contributed by atoms with Crippen LogP contribution in [0, 0.1) is 5.92 Å².